The van der Waals surface area contributed by atoms with Gasteiger partial charge in [0.15, 0.2) is 0 Å². The van der Waals surface area contributed by atoms with Crippen molar-refractivity contribution in [2.75, 3.05) is 32.8 Å². The molecule has 1 N–H and O–H groups in total. The van der Waals surface area contributed by atoms with E-state index in [2.05, 4.69) is 5.32 Å². The number of hydrogen-bond donors (Lipinski definition) is 1. The van der Waals surface area contributed by atoms with Crippen molar-refractivity contribution in [3.8, 4) is 0 Å². The molecule has 18 heavy (non-hydrogen) atoms. The average molecular weight is 256 g/mol. The van der Waals surface area contributed by atoms with E-state index >= 15 is 0 Å². The molecule has 2 heterocycles. The molecular formula is C13H24N2O3. The summed E-state index contributed by atoms with van der Waals surface area (Å²) in [6.07, 6.45) is 0.776. The summed E-state index contributed by atoms with van der Waals surface area (Å²) in [6.45, 7) is 9.59. The molecule has 0 unspecified atom stereocenters. The minimum absolute atomic E-state index is 0.204. The van der Waals surface area contributed by atoms with Gasteiger partial charge in [0.2, 0.25) is 0 Å². The monoisotopic (exact) mass is 256 g/mol. The molecule has 104 valence electrons. The van der Waals surface area contributed by atoms with E-state index in [-0.39, 0.29) is 6.09 Å². The number of nitrogens with zero attached hydrogens (tertiary/aromatic N) is 1. The molecule has 2 aliphatic heterocycles. The Hall–Kier alpha value is -0.810. The standard InChI is InChI=1S/C13H24N2O3/c1-13(2,3)18-12(16)15-6-4-11-10(8-15)9-17-7-5-14-11/h10-11,14H,4-9H2,1-3H3/t10-,11+/m1/s1. The van der Waals surface area contributed by atoms with Crippen LogP contribution in [0, 0.1) is 5.92 Å². The van der Waals surface area contributed by atoms with Crippen molar-refractivity contribution < 1.29 is 14.3 Å². The number of nitrogens with one attached hydrogen (secondary N) is 1. The lowest BCUT2D eigenvalue weighted by Gasteiger charge is -2.38. The first kappa shape index (κ1) is 13.6. The molecule has 1 amide bonds. The molecule has 2 aliphatic rings. The van der Waals surface area contributed by atoms with Crippen LogP contribution in [0.1, 0.15) is 27.2 Å². The lowest BCUT2D eigenvalue weighted by Crippen LogP contribution is -2.52. The summed E-state index contributed by atoms with van der Waals surface area (Å²) in [5, 5.41) is 3.49. The van der Waals surface area contributed by atoms with Crippen molar-refractivity contribution in [3.63, 3.8) is 0 Å². The number of hydrogen-bond acceptors (Lipinski definition) is 4. The Morgan fingerprint density at radius 1 is 1.44 bits per heavy atom. The van der Waals surface area contributed by atoms with Gasteiger partial charge in [0.1, 0.15) is 5.60 Å². The third kappa shape index (κ3) is 3.59. The number of ether oxygens (including phenoxy) is 2. The molecule has 0 aromatic rings. The number of carbonyl (C=O) groups is 1. The number of fused-ring (bicyclic) bond motifs is 1. The highest BCUT2D eigenvalue weighted by molar-refractivity contribution is 5.68. The molecule has 5 nitrogen and oxygen atoms in total. The van der Waals surface area contributed by atoms with Gasteiger partial charge in [-0.2, -0.15) is 0 Å². The second kappa shape index (κ2) is 5.45. The fraction of sp³-hybridized carbons (Fsp3) is 0.923. The van der Waals surface area contributed by atoms with Crippen molar-refractivity contribution in [2.45, 2.75) is 38.8 Å². The molecule has 0 spiro atoms. The van der Waals surface area contributed by atoms with Crippen LogP contribution in [0.4, 0.5) is 4.79 Å². The van der Waals surface area contributed by atoms with E-state index < -0.39 is 5.60 Å². The third-order valence-electron chi connectivity index (χ3n) is 3.37. The van der Waals surface area contributed by atoms with Crippen LogP contribution in [0.3, 0.4) is 0 Å². The fourth-order valence-corrected chi connectivity index (χ4v) is 2.51. The molecule has 5 heteroatoms. The van der Waals surface area contributed by atoms with Crippen LogP contribution >= 0.6 is 0 Å². The first-order chi connectivity index (χ1) is 8.46. The maximum absolute atomic E-state index is 12.0. The van der Waals surface area contributed by atoms with Gasteiger partial charge in [0.05, 0.1) is 13.2 Å². The fourth-order valence-electron chi connectivity index (χ4n) is 2.51. The molecule has 0 aromatic carbocycles. The van der Waals surface area contributed by atoms with Crippen LogP contribution in [0.2, 0.25) is 0 Å². The van der Waals surface area contributed by atoms with Crippen LogP contribution in [-0.4, -0.2) is 55.5 Å². The zero-order valence-electron chi connectivity index (χ0n) is 11.6. The Balaban J connectivity index is 1.91. The molecule has 0 radical (unpaired) electrons. The molecule has 2 fully saturated rings. The molecule has 0 bridgehead atoms. The topological polar surface area (TPSA) is 50.8 Å². The van der Waals surface area contributed by atoms with Gasteiger partial charge in [-0.05, 0) is 27.2 Å². The highest BCUT2D eigenvalue weighted by Gasteiger charge is 2.34. The van der Waals surface area contributed by atoms with Crippen LogP contribution in [0.15, 0.2) is 0 Å². The highest BCUT2D eigenvalue weighted by Crippen LogP contribution is 2.21. The maximum Gasteiger partial charge on any atom is 0.410 e. The summed E-state index contributed by atoms with van der Waals surface area (Å²) in [5.74, 6) is 0.383. The Morgan fingerprint density at radius 3 is 2.94 bits per heavy atom. The predicted molar refractivity (Wildman–Crippen MR) is 68.5 cm³/mol. The van der Waals surface area contributed by atoms with Gasteiger partial charge < -0.3 is 19.7 Å². The largest absolute Gasteiger partial charge is 0.444 e. The maximum atomic E-state index is 12.0. The number of rotatable bonds is 0. The molecule has 2 rings (SSSR count). The van der Waals surface area contributed by atoms with Crippen LogP contribution < -0.4 is 5.32 Å². The first-order valence-corrected chi connectivity index (χ1v) is 6.75. The van der Waals surface area contributed by atoms with Crippen molar-refractivity contribution >= 4 is 6.09 Å². The second-order valence-electron chi connectivity index (χ2n) is 6.11. The molecule has 0 aliphatic carbocycles. The van der Waals surface area contributed by atoms with Crippen molar-refractivity contribution in [1.82, 2.24) is 10.2 Å². The minimum Gasteiger partial charge on any atom is -0.444 e. The normalized spacial score (nSPS) is 29.4. The van der Waals surface area contributed by atoms with E-state index in [1.165, 1.54) is 0 Å². The van der Waals surface area contributed by atoms with Gasteiger partial charge in [0, 0.05) is 31.6 Å². The predicted octanol–water partition coefficient (Wildman–Crippen LogP) is 1.23. The van der Waals surface area contributed by atoms with Crippen molar-refractivity contribution in [2.24, 2.45) is 5.92 Å². The third-order valence-corrected chi connectivity index (χ3v) is 3.37. The zero-order valence-corrected chi connectivity index (χ0v) is 11.6. The molecule has 2 saturated heterocycles. The number of amides is 1. The van der Waals surface area contributed by atoms with Crippen LogP contribution in [0.25, 0.3) is 0 Å². The van der Waals surface area contributed by atoms with Crippen molar-refractivity contribution in [1.29, 1.82) is 0 Å². The summed E-state index contributed by atoms with van der Waals surface area (Å²) in [4.78, 5) is 13.8. The molecule has 2 atom stereocenters. The van der Waals surface area contributed by atoms with E-state index in [1.807, 2.05) is 25.7 Å². The van der Waals surface area contributed by atoms with Gasteiger partial charge in [-0.1, -0.05) is 0 Å². The lowest BCUT2D eigenvalue weighted by atomic mass is 9.93. The number of likely N-dealkylation sites (tertiary alicyclic amines) is 1. The summed E-state index contributed by atoms with van der Waals surface area (Å²) in [5.41, 5.74) is -0.424. The SMILES string of the molecule is CC(C)(C)OC(=O)N1CC[C@@H]2NCCOC[C@H]2C1. The summed E-state index contributed by atoms with van der Waals surface area (Å²) < 4.78 is 11.0. The Morgan fingerprint density at radius 2 is 2.22 bits per heavy atom. The Bertz CT molecular complexity index is 301. The average Bonchev–Trinajstić information content (AvgIpc) is 2.50. The highest BCUT2D eigenvalue weighted by atomic mass is 16.6. The smallest absolute Gasteiger partial charge is 0.410 e. The molecule has 0 aromatic heterocycles. The van der Waals surface area contributed by atoms with Gasteiger partial charge in [-0.3, -0.25) is 0 Å². The number of carbonyl (C=O) groups excluding carboxylic acids is 1. The Labute approximate surface area is 109 Å². The second-order valence-corrected chi connectivity index (χ2v) is 6.11. The van der Waals surface area contributed by atoms with E-state index in [4.69, 9.17) is 9.47 Å². The zero-order chi connectivity index (χ0) is 13.2. The number of piperidine rings is 1. The quantitative estimate of drug-likeness (QED) is 0.708. The van der Waals surface area contributed by atoms with E-state index in [1.54, 1.807) is 0 Å². The van der Waals surface area contributed by atoms with Crippen LogP contribution in [-0.2, 0) is 9.47 Å². The van der Waals surface area contributed by atoms with Gasteiger partial charge in [0.25, 0.3) is 0 Å². The van der Waals surface area contributed by atoms with Crippen molar-refractivity contribution in [3.05, 3.63) is 0 Å². The van der Waals surface area contributed by atoms with E-state index in [9.17, 15) is 4.79 Å². The summed E-state index contributed by atoms with van der Waals surface area (Å²) in [7, 11) is 0. The Kier molecular flexibility index (Phi) is 4.12. The molecular weight excluding hydrogens is 232 g/mol. The van der Waals surface area contributed by atoms with Gasteiger partial charge in [-0.25, -0.2) is 4.79 Å². The van der Waals surface area contributed by atoms with Gasteiger partial charge in [-0.15, -0.1) is 0 Å². The first-order valence-electron chi connectivity index (χ1n) is 6.75. The van der Waals surface area contributed by atoms with E-state index in [0.29, 0.717) is 12.0 Å². The summed E-state index contributed by atoms with van der Waals surface area (Å²) in [6, 6.07) is 0.478. The minimum atomic E-state index is -0.424. The van der Waals surface area contributed by atoms with E-state index in [0.717, 1.165) is 39.3 Å². The molecule has 0 saturated carbocycles. The van der Waals surface area contributed by atoms with Gasteiger partial charge >= 0.3 is 6.09 Å². The lowest BCUT2D eigenvalue weighted by molar-refractivity contribution is 0.00762. The van der Waals surface area contributed by atoms with Crippen LogP contribution in [0.5, 0.6) is 0 Å². The summed E-state index contributed by atoms with van der Waals surface area (Å²) >= 11 is 0.